The molecule has 0 saturated carbocycles. The number of quaternary nitrogens is 1. The van der Waals surface area contributed by atoms with Crippen LogP contribution in [0.5, 0.6) is 0 Å². The van der Waals surface area contributed by atoms with E-state index in [0.717, 1.165) is 83.5 Å². The number of likely N-dealkylation sites (N-methyl/N-ethyl adjacent to an activating group) is 1. The molecule has 0 saturated heterocycles. The highest BCUT2D eigenvalue weighted by molar-refractivity contribution is 7.47. The number of phosphoric acid groups is 1. The van der Waals surface area contributed by atoms with Crippen molar-refractivity contribution in [2.24, 2.45) is 0 Å². The first-order valence-electron chi connectivity index (χ1n) is 33.8. The Morgan fingerprint density at radius 2 is 0.704 bits per heavy atom. The fourth-order valence-electron chi connectivity index (χ4n) is 9.49. The molecule has 470 valence electrons. The summed E-state index contributed by atoms with van der Waals surface area (Å²) in [6.07, 6.45) is 84.0. The highest BCUT2D eigenvalue weighted by Crippen LogP contribution is 2.43. The van der Waals surface area contributed by atoms with Gasteiger partial charge in [0.2, 0.25) is 0 Å². The van der Waals surface area contributed by atoms with E-state index in [9.17, 15) is 19.0 Å². The molecule has 0 aliphatic carbocycles. The number of esters is 2. The van der Waals surface area contributed by atoms with Crippen molar-refractivity contribution in [1.82, 2.24) is 0 Å². The Balaban J connectivity index is 3.95. The molecule has 0 amide bonds. The molecule has 0 aliphatic rings. The third-order valence-corrected chi connectivity index (χ3v) is 15.6. The highest BCUT2D eigenvalue weighted by Gasteiger charge is 2.27. The second-order valence-corrected chi connectivity index (χ2v) is 25.3. The van der Waals surface area contributed by atoms with Gasteiger partial charge in [-0.1, -0.05) is 285 Å². The zero-order valence-electron chi connectivity index (χ0n) is 53.5. The summed E-state index contributed by atoms with van der Waals surface area (Å²) in [5.74, 6) is -0.796. The molecule has 1 N–H and O–H groups in total. The maximum absolute atomic E-state index is 12.9. The van der Waals surface area contributed by atoms with Crippen LogP contribution in [0.3, 0.4) is 0 Å². The van der Waals surface area contributed by atoms with Crippen molar-refractivity contribution < 1.29 is 42.1 Å². The van der Waals surface area contributed by atoms with Crippen LogP contribution in [0.2, 0.25) is 0 Å². The van der Waals surface area contributed by atoms with Gasteiger partial charge < -0.3 is 18.9 Å². The summed E-state index contributed by atoms with van der Waals surface area (Å²) in [7, 11) is 1.48. The number of nitrogens with zero attached hydrogens (tertiary/aromatic N) is 1. The smallest absolute Gasteiger partial charge is 0.462 e. The number of allylic oxidation sites excluding steroid dienone is 14. The molecule has 0 aromatic carbocycles. The maximum Gasteiger partial charge on any atom is 0.472 e. The molecule has 2 atom stereocenters. The van der Waals surface area contributed by atoms with E-state index in [4.69, 9.17) is 18.5 Å². The molecule has 2 unspecified atom stereocenters. The zero-order chi connectivity index (χ0) is 59.1. The Bertz CT molecular complexity index is 1640. The summed E-state index contributed by atoms with van der Waals surface area (Å²) in [4.78, 5) is 35.8. The molecular weight excluding hydrogens is 1030 g/mol. The molecule has 0 aliphatic heterocycles. The topological polar surface area (TPSA) is 108 Å². The van der Waals surface area contributed by atoms with E-state index in [-0.39, 0.29) is 32.0 Å². The maximum atomic E-state index is 12.9. The minimum atomic E-state index is -4.39. The first-order chi connectivity index (χ1) is 39.5. The Morgan fingerprint density at radius 3 is 1.05 bits per heavy atom. The predicted molar refractivity (Wildman–Crippen MR) is 349 cm³/mol. The van der Waals surface area contributed by atoms with Gasteiger partial charge in [0.05, 0.1) is 27.7 Å². The molecule has 9 nitrogen and oxygen atoms in total. The van der Waals surface area contributed by atoms with Crippen LogP contribution >= 0.6 is 7.82 Å². The van der Waals surface area contributed by atoms with Gasteiger partial charge in [0.15, 0.2) is 6.10 Å². The summed E-state index contributed by atoms with van der Waals surface area (Å²) < 4.78 is 34.6. The summed E-state index contributed by atoms with van der Waals surface area (Å²) in [5, 5.41) is 0. The molecule has 10 heteroatoms. The molecule has 0 aromatic heterocycles. The van der Waals surface area contributed by atoms with E-state index in [1.807, 2.05) is 21.1 Å². The van der Waals surface area contributed by atoms with E-state index >= 15 is 0 Å². The minimum absolute atomic E-state index is 0.0298. The van der Waals surface area contributed by atoms with Gasteiger partial charge in [0.1, 0.15) is 19.8 Å². The van der Waals surface area contributed by atoms with E-state index in [1.165, 1.54) is 186 Å². The monoisotopic (exact) mass is 1150 g/mol. The number of rotatable bonds is 62. The quantitative estimate of drug-likeness (QED) is 0.0211. The van der Waals surface area contributed by atoms with Crippen LogP contribution < -0.4 is 0 Å². The van der Waals surface area contributed by atoms with Gasteiger partial charge in [-0.05, 0) is 89.9 Å². The Kier molecular flexibility index (Phi) is 59.6. The van der Waals surface area contributed by atoms with E-state index in [0.29, 0.717) is 17.4 Å². The molecule has 0 aromatic rings. The zero-order valence-corrected chi connectivity index (χ0v) is 54.4. The molecule has 0 heterocycles. The van der Waals surface area contributed by atoms with E-state index < -0.39 is 26.5 Å². The van der Waals surface area contributed by atoms with Gasteiger partial charge in [0.25, 0.3) is 0 Å². The van der Waals surface area contributed by atoms with Crippen LogP contribution in [0.4, 0.5) is 0 Å². The van der Waals surface area contributed by atoms with Crippen LogP contribution in [0.1, 0.15) is 303 Å². The average molecular weight is 1160 g/mol. The molecule has 0 rings (SSSR count). The van der Waals surface area contributed by atoms with Crippen molar-refractivity contribution in [2.45, 2.75) is 309 Å². The van der Waals surface area contributed by atoms with Crippen LogP contribution in [0.25, 0.3) is 0 Å². The first-order valence-corrected chi connectivity index (χ1v) is 35.3. The largest absolute Gasteiger partial charge is 0.472 e. The molecule has 0 spiro atoms. The molecule has 0 radical (unpaired) electrons. The Morgan fingerprint density at radius 1 is 0.395 bits per heavy atom. The lowest BCUT2D eigenvalue weighted by molar-refractivity contribution is -0.870. The van der Waals surface area contributed by atoms with Crippen molar-refractivity contribution in [2.75, 3.05) is 47.5 Å². The van der Waals surface area contributed by atoms with E-state index in [1.54, 1.807) is 0 Å². The number of hydrogen-bond donors (Lipinski definition) is 1. The molecular formula is C71H129NO8P+. The number of hydrogen-bond acceptors (Lipinski definition) is 7. The fraction of sp³-hybridized carbons (Fsp3) is 0.775. The number of ether oxygens (including phenoxy) is 2. The Labute approximate surface area is 501 Å². The summed E-state index contributed by atoms with van der Waals surface area (Å²) in [6, 6.07) is 0. The first kappa shape index (κ1) is 78.2. The van der Waals surface area contributed by atoms with Crippen LogP contribution in [-0.4, -0.2) is 74.9 Å². The van der Waals surface area contributed by atoms with Crippen LogP contribution in [0, 0.1) is 0 Å². The lowest BCUT2D eigenvalue weighted by atomic mass is 10.0. The highest BCUT2D eigenvalue weighted by atomic mass is 31.2. The number of carbonyl (C=O) groups excluding carboxylic acids is 2. The van der Waals surface area contributed by atoms with Crippen molar-refractivity contribution >= 4 is 19.8 Å². The van der Waals surface area contributed by atoms with Crippen molar-refractivity contribution in [3.8, 4) is 0 Å². The van der Waals surface area contributed by atoms with Gasteiger partial charge in [-0.3, -0.25) is 18.6 Å². The number of unbranched alkanes of at least 4 members (excludes halogenated alkanes) is 34. The summed E-state index contributed by atoms with van der Waals surface area (Å²) in [5.41, 5.74) is 0. The van der Waals surface area contributed by atoms with Crippen molar-refractivity contribution in [3.63, 3.8) is 0 Å². The van der Waals surface area contributed by atoms with Crippen LogP contribution in [0.15, 0.2) is 85.1 Å². The standard InChI is InChI=1S/C71H128NO8P/c1-6-8-10-12-14-16-18-20-22-24-26-27-28-29-30-31-32-33-34-35-36-37-38-39-40-41-42-43-44-45-46-48-50-52-54-56-58-60-62-64-71(74)80-69(68-79-81(75,76)78-66-65-72(3,4)5)67-77-70(73)63-61-59-57-55-53-51-49-47-25-23-21-19-17-15-13-11-9-7-2/h8,10,14,16-17,19-20,22-23,25-27,29-30,69H,6-7,9,11-13,15,18,21,24,28,31-68H2,1-5H3/p+1/b10-8-,16-14-,19-17-,22-20-,25-23-,27-26-,30-29-. The normalized spacial score (nSPS) is 13.7. The van der Waals surface area contributed by atoms with Gasteiger partial charge in [-0.15, -0.1) is 0 Å². The number of carbonyl (C=O) groups is 2. The lowest BCUT2D eigenvalue weighted by Crippen LogP contribution is -2.37. The third kappa shape index (κ3) is 66.2. The summed E-state index contributed by atoms with van der Waals surface area (Å²) >= 11 is 0. The second kappa shape index (κ2) is 61.7. The molecule has 81 heavy (non-hydrogen) atoms. The summed E-state index contributed by atoms with van der Waals surface area (Å²) in [6.45, 7) is 4.32. The predicted octanol–water partition coefficient (Wildman–Crippen LogP) is 21.8. The number of phosphoric ester groups is 1. The van der Waals surface area contributed by atoms with Gasteiger partial charge in [0, 0.05) is 12.8 Å². The van der Waals surface area contributed by atoms with Crippen molar-refractivity contribution in [1.29, 1.82) is 0 Å². The third-order valence-electron chi connectivity index (χ3n) is 14.7. The van der Waals surface area contributed by atoms with Gasteiger partial charge in [-0.25, -0.2) is 4.57 Å². The fourth-order valence-corrected chi connectivity index (χ4v) is 10.2. The van der Waals surface area contributed by atoms with Gasteiger partial charge >= 0.3 is 19.8 Å². The lowest BCUT2D eigenvalue weighted by Gasteiger charge is -2.24. The molecule has 0 fully saturated rings. The Hall–Kier alpha value is -2.81. The van der Waals surface area contributed by atoms with E-state index in [2.05, 4.69) is 98.9 Å². The minimum Gasteiger partial charge on any atom is -0.462 e. The van der Waals surface area contributed by atoms with Gasteiger partial charge in [-0.2, -0.15) is 0 Å². The average Bonchev–Trinajstić information content (AvgIpc) is 3.43. The van der Waals surface area contributed by atoms with Crippen molar-refractivity contribution in [3.05, 3.63) is 85.1 Å². The molecule has 0 bridgehead atoms. The second-order valence-electron chi connectivity index (χ2n) is 23.8. The van der Waals surface area contributed by atoms with Crippen LogP contribution in [-0.2, 0) is 32.7 Å². The SMILES string of the molecule is CC/C=C\C/C=C\C/C=C\C/C=C\C/C=C\CCCCCCCCCCCCCCCCCCCCCCCCCC(=O)OC(COC(=O)CCCCCCCCC/C=C\C/C=C\CCCCCC)COP(=O)(O)OCC[N+](C)(C)C.